The molecule has 0 saturated heterocycles. The van der Waals surface area contributed by atoms with E-state index in [1.807, 2.05) is 6.92 Å². The fourth-order valence-electron chi connectivity index (χ4n) is 3.67. The standard InChI is InChI=1S/C20H23N5O2/c1-11-18-16(20(27)22-14-6-4-13(21)5-7-14)10-17(23-19(18)25-24-11)12-2-8-15(26)9-3-12/h2-3,8-10,13-14,26H,4-7,21H2,1H3,(H,22,27)(H,23,24,25). The summed E-state index contributed by atoms with van der Waals surface area (Å²) in [7, 11) is 0. The zero-order valence-electron chi connectivity index (χ0n) is 15.2. The van der Waals surface area contributed by atoms with Crippen LogP contribution in [0.5, 0.6) is 5.75 Å². The maximum Gasteiger partial charge on any atom is 0.252 e. The number of phenolic OH excluding ortho intramolecular Hbond substituents is 1. The number of pyridine rings is 1. The smallest absolute Gasteiger partial charge is 0.252 e. The number of nitrogens with zero attached hydrogens (tertiary/aromatic N) is 2. The minimum Gasteiger partial charge on any atom is -0.508 e. The molecule has 4 rings (SSSR count). The van der Waals surface area contributed by atoms with Crippen LogP contribution < -0.4 is 11.1 Å². The molecule has 1 aromatic carbocycles. The third-order valence-corrected chi connectivity index (χ3v) is 5.23. The molecule has 1 amide bonds. The summed E-state index contributed by atoms with van der Waals surface area (Å²) in [6.07, 6.45) is 3.66. The summed E-state index contributed by atoms with van der Waals surface area (Å²) in [5, 5.41) is 20.5. The van der Waals surface area contributed by atoms with E-state index in [1.165, 1.54) is 0 Å². The number of aromatic nitrogens is 3. The van der Waals surface area contributed by atoms with E-state index >= 15 is 0 Å². The van der Waals surface area contributed by atoms with Crippen molar-refractivity contribution in [2.45, 2.75) is 44.7 Å². The largest absolute Gasteiger partial charge is 0.508 e. The van der Waals surface area contributed by atoms with Crippen molar-refractivity contribution in [1.82, 2.24) is 20.5 Å². The highest BCUT2D eigenvalue weighted by Gasteiger charge is 2.23. The molecule has 1 aliphatic rings. The van der Waals surface area contributed by atoms with Crippen LogP contribution in [0.15, 0.2) is 30.3 Å². The Bertz CT molecular complexity index is 972. The normalized spacial score (nSPS) is 19.9. The number of hydrogen-bond acceptors (Lipinski definition) is 5. The maximum atomic E-state index is 13.0. The van der Waals surface area contributed by atoms with Gasteiger partial charge in [-0.05, 0) is 62.9 Å². The first-order chi connectivity index (χ1) is 13.0. The highest BCUT2D eigenvalue weighted by molar-refractivity contribution is 6.07. The van der Waals surface area contributed by atoms with E-state index in [0.717, 1.165) is 42.3 Å². The average Bonchev–Trinajstić information content (AvgIpc) is 3.04. The number of rotatable bonds is 3. The van der Waals surface area contributed by atoms with Gasteiger partial charge in [0.2, 0.25) is 0 Å². The monoisotopic (exact) mass is 365 g/mol. The summed E-state index contributed by atoms with van der Waals surface area (Å²) in [6, 6.07) is 8.93. The van der Waals surface area contributed by atoms with Gasteiger partial charge in [0.15, 0.2) is 5.65 Å². The van der Waals surface area contributed by atoms with E-state index in [1.54, 1.807) is 30.3 Å². The van der Waals surface area contributed by atoms with Crippen LogP contribution in [-0.2, 0) is 0 Å². The zero-order chi connectivity index (χ0) is 19.0. The number of aromatic amines is 1. The Labute approximate surface area is 157 Å². The number of phenols is 1. The van der Waals surface area contributed by atoms with Crippen molar-refractivity contribution < 1.29 is 9.90 Å². The van der Waals surface area contributed by atoms with Crippen molar-refractivity contribution in [2.24, 2.45) is 5.73 Å². The Morgan fingerprint density at radius 3 is 2.63 bits per heavy atom. The molecule has 0 aliphatic heterocycles. The molecule has 0 atom stereocenters. The molecular formula is C20H23N5O2. The SMILES string of the molecule is Cc1n[nH]c2nc(-c3ccc(O)cc3)cc(C(=O)NC3CCC(N)CC3)c12. The first kappa shape index (κ1) is 17.5. The van der Waals surface area contributed by atoms with E-state index in [2.05, 4.69) is 20.5 Å². The second kappa shape index (κ2) is 7.00. The number of amides is 1. The highest BCUT2D eigenvalue weighted by Crippen LogP contribution is 2.27. The summed E-state index contributed by atoms with van der Waals surface area (Å²) < 4.78 is 0. The lowest BCUT2D eigenvalue weighted by atomic mass is 9.91. The Kier molecular flexibility index (Phi) is 4.53. The molecule has 0 spiro atoms. The Balaban J connectivity index is 1.70. The predicted molar refractivity (Wildman–Crippen MR) is 103 cm³/mol. The number of aryl methyl sites for hydroxylation is 1. The number of hydrogen-bond donors (Lipinski definition) is 4. The van der Waals surface area contributed by atoms with Crippen molar-refractivity contribution in [1.29, 1.82) is 0 Å². The van der Waals surface area contributed by atoms with Gasteiger partial charge in [-0.2, -0.15) is 5.10 Å². The summed E-state index contributed by atoms with van der Waals surface area (Å²) in [6.45, 7) is 1.86. The predicted octanol–water partition coefficient (Wildman–Crippen LogP) is 2.64. The molecule has 2 aromatic heterocycles. The number of aromatic hydroxyl groups is 1. The topological polar surface area (TPSA) is 117 Å². The van der Waals surface area contributed by atoms with Gasteiger partial charge in [0.05, 0.1) is 22.3 Å². The van der Waals surface area contributed by atoms with E-state index in [-0.39, 0.29) is 23.7 Å². The van der Waals surface area contributed by atoms with Gasteiger partial charge in [-0.3, -0.25) is 9.89 Å². The van der Waals surface area contributed by atoms with Crippen LogP contribution in [0.1, 0.15) is 41.7 Å². The minimum atomic E-state index is -0.118. The van der Waals surface area contributed by atoms with Crippen molar-refractivity contribution in [3.8, 4) is 17.0 Å². The first-order valence-electron chi connectivity index (χ1n) is 9.23. The molecule has 27 heavy (non-hydrogen) atoms. The van der Waals surface area contributed by atoms with Crippen LogP contribution in [-0.4, -0.2) is 38.3 Å². The summed E-state index contributed by atoms with van der Waals surface area (Å²) in [4.78, 5) is 17.6. The molecule has 0 radical (unpaired) electrons. The van der Waals surface area contributed by atoms with Gasteiger partial charge in [-0.25, -0.2) is 4.98 Å². The van der Waals surface area contributed by atoms with Crippen LogP contribution in [0, 0.1) is 6.92 Å². The van der Waals surface area contributed by atoms with Crippen LogP contribution in [0.25, 0.3) is 22.3 Å². The van der Waals surface area contributed by atoms with Gasteiger partial charge in [-0.1, -0.05) is 0 Å². The molecule has 7 heteroatoms. The average molecular weight is 365 g/mol. The minimum absolute atomic E-state index is 0.118. The number of fused-ring (bicyclic) bond motifs is 1. The van der Waals surface area contributed by atoms with Crippen LogP contribution >= 0.6 is 0 Å². The molecule has 0 unspecified atom stereocenters. The summed E-state index contributed by atoms with van der Waals surface area (Å²) >= 11 is 0. The van der Waals surface area contributed by atoms with Gasteiger partial charge in [0, 0.05) is 17.6 Å². The van der Waals surface area contributed by atoms with E-state index in [4.69, 9.17) is 5.73 Å². The van der Waals surface area contributed by atoms with Gasteiger partial charge >= 0.3 is 0 Å². The molecule has 3 aromatic rings. The Hall–Kier alpha value is -2.93. The number of carbonyl (C=O) groups excluding carboxylic acids is 1. The first-order valence-corrected chi connectivity index (χ1v) is 9.23. The molecule has 140 valence electrons. The summed E-state index contributed by atoms with van der Waals surface area (Å²) in [5.74, 6) is 0.0677. The number of carbonyl (C=O) groups is 1. The van der Waals surface area contributed by atoms with Gasteiger partial charge in [0.1, 0.15) is 5.75 Å². The fraction of sp³-hybridized carbons (Fsp3) is 0.350. The highest BCUT2D eigenvalue weighted by atomic mass is 16.3. The van der Waals surface area contributed by atoms with E-state index in [0.29, 0.717) is 16.9 Å². The van der Waals surface area contributed by atoms with Crippen molar-refractivity contribution in [3.63, 3.8) is 0 Å². The molecule has 1 saturated carbocycles. The quantitative estimate of drug-likeness (QED) is 0.569. The van der Waals surface area contributed by atoms with E-state index in [9.17, 15) is 9.90 Å². The molecule has 5 N–H and O–H groups in total. The third-order valence-electron chi connectivity index (χ3n) is 5.23. The Morgan fingerprint density at radius 2 is 1.93 bits per heavy atom. The van der Waals surface area contributed by atoms with Crippen molar-refractivity contribution in [2.75, 3.05) is 0 Å². The van der Waals surface area contributed by atoms with Gasteiger partial charge in [-0.15, -0.1) is 0 Å². The molecule has 0 bridgehead atoms. The fourth-order valence-corrected chi connectivity index (χ4v) is 3.67. The zero-order valence-corrected chi connectivity index (χ0v) is 15.2. The van der Waals surface area contributed by atoms with Gasteiger partial charge in [0.25, 0.3) is 5.91 Å². The van der Waals surface area contributed by atoms with Crippen LogP contribution in [0.4, 0.5) is 0 Å². The number of nitrogens with one attached hydrogen (secondary N) is 2. The lowest BCUT2D eigenvalue weighted by Gasteiger charge is -2.27. The molecular weight excluding hydrogens is 342 g/mol. The molecule has 1 aliphatic carbocycles. The maximum absolute atomic E-state index is 13.0. The molecule has 7 nitrogen and oxygen atoms in total. The number of benzene rings is 1. The van der Waals surface area contributed by atoms with Crippen molar-refractivity contribution >= 4 is 16.9 Å². The van der Waals surface area contributed by atoms with Crippen LogP contribution in [0.2, 0.25) is 0 Å². The van der Waals surface area contributed by atoms with E-state index < -0.39 is 0 Å². The number of nitrogens with two attached hydrogens (primary N) is 1. The Morgan fingerprint density at radius 1 is 1.22 bits per heavy atom. The second-order valence-corrected chi connectivity index (χ2v) is 7.22. The van der Waals surface area contributed by atoms with Gasteiger partial charge < -0.3 is 16.2 Å². The molecule has 1 fully saturated rings. The lowest BCUT2D eigenvalue weighted by Crippen LogP contribution is -2.40. The molecule has 2 heterocycles. The summed E-state index contributed by atoms with van der Waals surface area (Å²) in [5.41, 5.74) is 9.32. The number of H-pyrrole nitrogens is 1. The van der Waals surface area contributed by atoms with Crippen LogP contribution in [0.3, 0.4) is 0 Å². The third kappa shape index (κ3) is 3.50. The lowest BCUT2D eigenvalue weighted by molar-refractivity contribution is 0.0927. The second-order valence-electron chi connectivity index (χ2n) is 7.22. The van der Waals surface area contributed by atoms with Crippen molar-refractivity contribution in [3.05, 3.63) is 41.6 Å².